The number of phenols is 1. The number of phenolic OH excluding ortho intramolecular Hbond substituents is 1. The maximum Gasteiger partial charge on any atom is 0.419 e. The van der Waals surface area contributed by atoms with Gasteiger partial charge in [-0.1, -0.05) is 6.07 Å². The van der Waals surface area contributed by atoms with Crippen molar-refractivity contribution in [2.24, 2.45) is 0 Å². The first-order valence-electron chi connectivity index (χ1n) is 7.04. The number of benzene rings is 2. The molecule has 136 valence electrons. The van der Waals surface area contributed by atoms with Crippen LogP contribution in [-0.2, 0) is 6.18 Å². The average molecular weight is 494 g/mol. The van der Waals surface area contributed by atoms with Crippen molar-refractivity contribution in [3.8, 4) is 17.2 Å². The molecule has 4 nitrogen and oxygen atoms in total. The molecule has 2 aromatic carbocycles. The number of hydrogen-bond acceptors (Lipinski definition) is 4. The molecule has 1 aliphatic heterocycles. The zero-order valence-corrected chi connectivity index (χ0v) is 16.1. The Bertz CT molecular complexity index is 952. The summed E-state index contributed by atoms with van der Waals surface area (Å²) in [6.45, 7) is 0. The number of carbonyl (C=O) groups excluding carboxylic acids is 1. The van der Waals surface area contributed by atoms with Gasteiger partial charge >= 0.3 is 6.18 Å². The smallest absolute Gasteiger partial charge is 0.419 e. The van der Waals surface area contributed by atoms with Crippen LogP contribution in [0.4, 0.5) is 13.2 Å². The van der Waals surface area contributed by atoms with Gasteiger partial charge in [-0.2, -0.15) is 13.2 Å². The molecule has 1 N–H and O–H groups in total. The molecule has 0 fully saturated rings. The molecule has 0 amide bonds. The van der Waals surface area contributed by atoms with Crippen LogP contribution < -0.4 is 9.47 Å². The molecule has 3 rings (SSSR count). The highest BCUT2D eigenvalue weighted by molar-refractivity contribution is 9.11. The fourth-order valence-corrected chi connectivity index (χ4v) is 3.97. The maximum atomic E-state index is 12.9. The summed E-state index contributed by atoms with van der Waals surface area (Å²) in [6.07, 6.45) is -3.53. The number of Topliss-reactive ketones (excluding diaryl/α,β-unsaturated/α-hetero) is 1. The number of alkyl halides is 3. The minimum absolute atomic E-state index is 0.0634. The van der Waals surface area contributed by atoms with Gasteiger partial charge < -0.3 is 14.6 Å². The Balaban J connectivity index is 2.05. The van der Waals surface area contributed by atoms with E-state index in [2.05, 4.69) is 31.9 Å². The van der Waals surface area contributed by atoms with Gasteiger partial charge in [0.2, 0.25) is 5.78 Å². The van der Waals surface area contributed by atoms with Crippen LogP contribution in [0.2, 0.25) is 0 Å². The van der Waals surface area contributed by atoms with E-state index in [-0.39, 0.29) is 22.6 Å². The molecule has 0 saturated carbocycles. The van der Waals surface area contributed by atoms with Crippen molar-refractivity contribution < 1.29 is 32.5 Å². The molecular weight excluding hydrogens is 485 g/mol. The standard InChI is InChI=1S/C17H9Br2F3O4/c1-25-16-10(18)6-8-14(24)12(26-15(8)13(16)19)5-7-2-3-11(23)9(4-7)17(20,21)22/h2-6,23H,1H3/b12-5-. The van der Waals surface area contributed by atoms with Gasteiger partial charge in [0.25, 0.3) is 0 Å². The Morgan fingerprint density at radius 2 is 1.92 bits per heavy atom. The topological polar surface area (TPSA) is 55.8 Å². The molecule has 1 heterocycles. The van der Waals surface area contributed by atoms with Crippen molar-refractivity contribution in [1.29, 1.82) is 0 Å². The molecule has 0 unspecified atom stereocenters. The van der Waals surface area contributed by atoms with Gasteiger partial charge in [-0.05, 0) is 61.7 Å². The Morgan fingerprint density at radius 3 is 2.54 bits per heavy atom. The molecule has 9 heteroatoms. The van der Waals surface area contributed by atoms with E-state index in [9.17, 15) is 23.1 Å². The summed E-state index contributed by atoms with van der Waals surface area (Å²) in [6, 6.07) is 4.42. The van der Waals surface area contributed by atoms with Gasteiger partial charge in [0, 0.05) is 0 Å². The number of carbonyl (C=O) groups is 1. The van der Waals surface area contributed by atoms with Crippen LogP contribution in [0, 0.1) is 0 Å². The third kappa shape index (κ3) is 3.21. The zero-order chi connectivity index (χ0) is 19.2. The van der Waals surface area contributed by atoms with E-state index in [0.717, 1.165) is 12.1 Å². The molecule has 0 bridgehead atoms. The summed E-state index contributed by atoms with van der Waals surface area (Å²) < 4.78 is 50.4. The van der Waals surface area contributed by atoms with E-state index < -0.39 is 23.3 Å². The maximum absolute atomic E-state index is 12.9. The van der Waals surface area contributed by atoms with Crippen molar-refractivity contribution in [3.63, 3.8) is 0 Å². The Hall–Kier alpha value is -2.00. The number of halogens is 5. The Kier molecular flexibility index (Phi) is 4.78. The lowest BCUT2D eigenvalue weighted by atomic mass is 10.1. The first-order valence-corrected chi connectivity index (χ1v) is 8.62. The summed E-state index contributed by atoms with van der Waals surface area (Å²) in [5, 5.41) is 9.39. The number of allylic oxidation sites excluding steroid dienone is 1. The number of rotatable bonds is 2. The summed E-state index contributed by atoms with van der Waals surface area (Å²) in [4.78, 5) is 12.5. The Labute approximate surface area is 162 Å². The minimum Gasteiger partial charge on any atom is -0.507 e. The van der Waals surface area contributed by atoms with Gasteiger partial charge in [0.05, 0.1) is 22.7 Å². The van der Waals surface area contributed by atoms with Crippen LogP contribution in [0.25, 0.3) is 6.08 Å². The highest BCUT2D eigenvalue weighted by Crippen LogP contribution is 2.47. The third-order valence-corrected chi connectivity index (χ3v) is 4.95. The predicted octanol–water partition coefficient (Wildman–Crippen LogP) is 5.56. The minimum atomic E-state index is -4.72. The van der Waals surface area contributed by atoms with Crippen molar-refractivity contribution in [3.05, 3.63) is 55.7 Å². The van der Waals surface area contributed by atoms with E-state index in [1.807, 2.05) is 0 Å². The molecular formula is C17H9Br2F3O4. The number of aromatic hydroxyl groups is 1. The van der Waals surface area contributed by atoms with Crippen molar-refractivity contribution >= 4 is 43.7 Å². The highest BCUT2D eigenvalue weighted by atomic mass is 79.9. The number of ketones is 1. The lowest BCUT2D eigenvalue weighted by Gasteiger charge is -2.10. The van der Waals surface area contributed by atoms with Crippen LogP contribution in [0.1, 0.15) is 21.5 Å². The number of ether oxygens (including phenoxy) is 2. The SMILES string of the molecule is COc1c(Br)cc2c(c1Br)O/C(=C\c1ccc(O)c(C(F)(F)F)c1)C2=O. The predicted molar refractivity (Wildman–Crippen MR) is 94.4 cm³/mol. The van der Waals surface area contributed by atoms with E-state index in [1.54, 1.807) is 0 Å². The van der Waals surface area contributed by atoms with Crippen LogP contribution >= 0.6 is 31.9 Å². The molecule has 2 aromatic rings. The molecule has 0 saturated heterocycles. The monoisotopic (exact) mass is 492 g/mol. The summed E-state index contributed by atoms with van der Waals surface area (Å²) >= 11 is 6.57. The zero-order valence-electron chi connectivity index (χ0n) is 12.9. The Morgan fingerprint density at radius 1 is 1.23 bits per heavy atom. The van der Waals surface area contributed by atoms with E-state index in [0.29, 0.717) is 14.7 Å². The van der Waals surface area contributed by atoms with Crippen molar-refractivity contribution in [1.82, 2.24) is 0 Å². The molecule has 26 heavy (non-hydrogen) atoms. The van der Waals surface area contributed by atoms with Gasteiger partial charge in [-0.3, -0.25) is 4.79 Å². The summed E-state index contributed by atoms with van der Waals surface area (Å²) in [5.41, 5.74) is -0.889. The fourth-order valence-electron chi connectivity index (χ4n) is 2.45. The van der Waals surface area contributed by atoms with Crippen molar-refractivity contribution in [2.75, 3.05) is 7.11 Å². The van der Waals surface area contributed by atoms with Crippen LogP contribution in [0.5, 0.6) is 17.2 Å². The second-order valence-corrected chi connectivity index (χ2v) is 6.94. The molecule has 0 radical (unpaired) electrons. The molecule has 0 aromatic heterocycles. The van der Waals surface area contributed by atoms with Crippen molar-refractivity contribution in [2.45, 2.75) is 6.18 Å². The van der Waals surface area contributed by atoms with Crippen LogP contribution in [0.3, 0.4) is 0 Å². The average Bonchev–Trinajstić information content (AvgIpc) is 2.85. The van der Waals surface area contributed by atoms with E-state index in [4.69, 9.17) is 9.47 Å². The highest BCUT2D eigenvalue weighted by Gasteiger charge is 2.35. The van der Waals surface area contributed by atoms with E-state index in [1.165, 1.54) is 25.3 Å². The quantitative estimate of drug-likeness (QED) is 0.556. The summed E-state index contributed by atoms with van der Waals surface area (Å²) in [7, 11) is 1.44. The molecule has 1 aliphatic rings. The molecule has 0 spiro atoms. The normalized spacial score (nSPS) is 15.2. The number of hydrogen-bond donors (Lipinski definition) is 1. The number of methoxy groups -OCH3 is 1. The summed E-state index contributed by atoms with van der Waals surface area (Å²) in [5.74, 6) is -0.874. The third-order valence-electron chi connectivity index (χ3n) is 3.64. The second-order valence-electron chi connectivity index (χ2n) is 5.30. The first kappa shape index (κ1) is 18.8. The van der Waals surface area contributed by atoms with Crippen LogP contribution in [0.15, 0.2) is 39.0 Å². The number of fused-ring (bicyclic) bond motifs is 1. The second kappa shape index (κ2) is 6.62. The lowest BCUT2D eigenvalue weighted by molar-refractivity contribution is -0.138. The van der Waals surface area contributed by atoms with Gasteiger partial charge in [0.15, 0.2) is 17.3 Å². The first-order chi connectivity index (χ1) is 12.1. The van der Waals surface area contributed by atoms with E-state index >= 15 is 0 Å². The van der Waals surface area contributed by atoms with Gasteiger partial charge in [-0.15, -0.1) is 0 Å². The largest absolute Gasteiger partial charge is 0.507 e. The van der Waals surface area contributed by atoms with Gasteiger partial charge in [-0.25, -0.2) is 0 Å². The fraction of sp³-hybridized carbons (Fsp3) is 0.118. The van der Waals surface area contributed by atoms with Gasteiger partial charge in [0.1, 0.15) is 10.2 Å². The lowest BCUT2D eigenvalue weighted by Crippen LogP contribution is -2.05. The van der Waals surface area contributed by atoms with Crippen LogP contribution in [-0.4, -0.2) is 18.0 Å². The molecule has 0 aliphatic carbocycles. The molecule has 0 atom stereocenters.